The molecule has 0 saturated heterocycles. The number of aryl methyl sites for hydroxylation is 1. The van der Waals surface area contributed by atoms with Gasteiger partial charge in [-0.25, -0.2) is 0 Å². The van der Waals surface area contributed by atoms with Crippen molar-refractivity contribution in [3.63, 3.8) is 0 Å². The molecule has 0 aromatic heterocycles. The predicted molar refractivity (Wildman–Crippen MR) is 63.0 cm³/mol. The summed E-state index contributed by atoms with van der Waals surface area (Å²) in [7, 11) is 1.10. The molecular weight excluding hydrogens is 167 g/mol. The molecule has 0 spiro atoms. The molecule has 1 heteroatoms. The molecule has 1 aliphatic rings. The number of hydrogen-bond acceptors (Lipinski definition) is 0. The van der Waals surface area contributed by atoms with Crippen molar-refractivity contribution in [3.8, 4) is 11.1 Å². The average molecular weight is 178 g/mol. The summed E-state index contributed by atoms with van der Waals surface area (Å²) in [5, 5.41) is 0. The third-order valence-corrected chi connectivity index (χ3v) is 3.03. The first-order valence-corrected chi connectivity index (χ1v) is 5.03. The van der Waals surface area contributed by atoms with Gasteiger partial charge in [0.25, 0.3) is 0 Å². The van der Waals surface area contributed by atoms with Gasteiger partial charge in [-0.05, 0) is 23.6 Å². The van der Waals surface area contributed by atoms with Gasteiger partial charge in [0.1, 0.15) is 0 Å². The monoisotopic (exact) mass is 178 g/mol. The molecule has 2 aromatic carbocycles. The zero-order valence-electron chi connectivity index (χ0n) is 8.25. The van der Waals surface area contributed by atoms with Crippen molar-refractivity contribution in [1.29, 1.82) is 0 Å². The smallest absolute Gasteiger partial charge is 0.0709 e. The Morgan fingerprint density at radius 3 is 2.57 bits per heavy atom. The first kappa shape index (κ1) is 7.87. The molecule has 3 rings (SSSR count). The second-order valence-corrected chi connectivity index (χ2v) is 3.94. The van der Waals surface area contributed by atoms with E-state index in [0.29, 0.717) is 0 Å². The first-order valence-electron chi connectivity index (χ1n) is 5.03. The topological polar surface area (TPSA) is 0 Å². The summed E-state index contributed by atoms with van der Waals surface area (Å²) in [5.74, 6) is 0. The van der Waals surface area contributed by atoms with Crippen LogP contribution in [0.25, 0.3) is 11.1 Å². The minimum Gasteiger partial charge on any atom is -0.0709 e. The number of hydrogen-bond donors (Lipinski definition) is 0. The summed E-state index contributed by atoms with van der Waals surface area (Å²) in [5.41, 5.74) is 7.24. The van der Waals surface area contributed by atoms with E-state index in [9.17, 15) is 0 Å². The highest BCUT2D eigenvalue weighted by atomic mass is 14.1. The molecule has 0 atom stereocenters. The third kappa shape index (κ3) is 0.956. The first-order chi connectivity index (χ1) is 6.86. The zero-order chi connectivity index (χ0) is 9.54. The molecule has 14 heavy (non-hydrogen) atoms. The molecule has 0 nitrogen and oxygen atoms in total. The van der Waals surface area contributed by atoms with Crippen LogP contribution >= 0.6 is 0 Å². The maximum atomic E-state index is 2.24. The van der Waals surface area contributed by atoms with Crippen molar-refractivity contribution in [2.24, 2.45) is 0 Å². The standard InChI is InChI=1S/C13H11B/c1-9-5-4-8-12-13(9)10-6-2-3-7-11(10)14-12/h2-8,14H,1H3. The van der Waals surface area contributed by atoms with E-state index in [1.165, 1.54) is 27.6 Å². The molecule has 0 unspecified atom stereocenters. The van der Waals surface area contributed by atoms with Gasteiger partial charge >= 0.3 is 0 Å². The Morgan fingerprint density at radius 1 is 0.857 bits per heavy atom. The normalized spacial score (nSPS) is 11.8. The van der Waals surface area contributed by atoms with E-state index in [2.05, 4.69) is 49.4 Å². The van der Waals surface area contributed by atoms with Crippen molar-refractivity contribution < 1.29 is 0 Å². The third-order valence-electron chi connectivity index (χ3n) is 3.03. The van der Waals surface area contributed by atoms with Gasteiger partial charge in [-0.1, -0.05) is 53.4 Å². The second-order valence-electron chi connectivity index (χ2n) is 3.94. The summed E-state index contributed by atoms with van der Waals surface area (Å²) in [4.78, 5) is 0. The fourth-order valence-electron chi connectivity index (χ4n) is 2.38. The summed E-state index contributed by atoms with van der Waals surface area (Å²) < 4.78 is 0. The lowest BCUT2D eigenvalue weighted by Gasteiger charge is -2.04. The Balaban J connectivity index is 2.35. The van der Waals surface area contributed by atoms with Gasteiger partial charge in [-0.2, -0.15) is 0 Å². The van der Waals surface area contributed by atoms with Gasteiger partial charge < -0.3 is 0 Å². The Hall–Kier alpha value is -1.50. The van der Waals surface area contributed by atoms with E-state index < -0.39 is 0 Å². The minimum absolute atomic E-state index is 1.10. The Bertz CT molecular complexity index is 500. The van der Waals surface area contributed by atoms with Crippen molar-refractivity contribution in [1.82, 2.24) is 0 Å². The number of rotatable bonds is 0. The number of benzene rings is 2. The lowest BCUT2D eigenvalue weighted by Crippen LogP contribution is -2.20. The predicted octanol–water partition coefficient (Wildman–Crippen LogP) is 1.36. The Labute approximate surface area is 84.8 Å². The van der Waals surface area contributed by atoms with Crippen LogP contribution in [-0.2, 0) is 0 Å². The SMILES string of the molecule is Cc1cccc2c1-c1ccccc1B2. The second kappa shape index (κ2) is 2.75. The van der Waals surface area contributed by atoms with Crippen LogP contribution in [0.15, 0.2) is 42.5 Å². The largest absolute Gasteiger partial charge is 0.193 e. The van der Waals surface area contributed by atoms with Crippen LogP contribution in [0.5, 0.6) is 0 Å². The molecule has 2 aromatic rings. The Kier molecular flexibility index (Phi) is 1.54. The van der Waals surface area contributed by atoms with Gasteiger partial charge in [0, 0.05) is 0 Å². The molecule has 1 heterocycles. The van der Waals surface area contributed by atoms with E-state index in [0.717, 1.165) is 7.28 Å². The van der Waals surface area contributed by atoms with Gasteiger partial charge in [0.2, 0.25) is 0 Å². The van der Waals surface area contributed by atoms with Gasteiger partial charge in [0.15, 0.2) is 7.28 Å². The van der Waals surface area contributed by atoms with Crippen molar-refractivity contribution in [2.75, 3.05) is 0 Å². The summed E-state index contributed by atoms with van der Waals surface area (Å²) in [6.07, 6.45) is 0. The average Bonchev–Trinajstić information content (AvgIpc) is 2.57. The van der Waals surface area contributed by atoms with E-state index in [1.807, 2.05) is 0 Å². The van der Waals surface area contributed by atoms with E-state index >= 15 is 0 Å². The fraction of sp³-hybridized carbons (Fsp3) is 0.0769. The molecule has 1 aliphatic heterocycles. The molecule has 0 saturated carbocycles. The molecule has 0 bridgehead atoms. The van der Waals surface area contributed by atoms with Crippen LogP contribution < -0.4 is 10.9 Å². The van der Waals surface area contributed by atoms with E-state index in [4.69, 9.17) is 0 Å². The molecule has 0 radical (unpaired) electrons. The highest BCUT2D eigenvalue weighted by Gasteiger charge is 2.19. The van der Waals surface area contributed by atoms with Crippen LogP contribution in [0.2, 0.25) is 0 Å². The van der Waals surface area contributed by atoms with Gasteiger partial charge in [0.05, 0.1) is 0 Å². The highest BCUT2D eigenvalue weighted by Crippen LogP contribution is 2.22. The highest BCUT2D eigenvalue weighted by molar-refractivity contribution is 6.73. The lowest BCUT2D eigenvalue weighted by molar-refractivity contribution is 1.49. The zero-order valence-corrected chi connectivity index (χ0v) is 8.25. The van der Waals surface area contributed by atoms with Crippen LogP contribution in [0, 0.1) is 6.92 Å². The van der Waals surface area contributed by atoms with Gasteiger partial charge in [-0.3, -0.25) is 0 Å². The molecule has 66 valence electrons. The van der Waals surface area contributed by atoms with E-state index in [-0.39, 0.29) is 0 Å². The van der Waals surface area contributed by atoms with Gasteiger partial charge in [-0.15, -0.1) is 0 Å². The molecule has 0 amide bonds. The summed E-state index contributed by atoms with van der Waals surface area (Å²) in [6, 6.07) is 15.3. The van der Waals surface area contributed by atoms with Crippen molar-refractivity contribution in [3.05, 3.63) is 48.0 Å². The van der Waals surface area contributed by atoms with Crippen LogP contribution in [-0.4, -0.2) is 7.28 Å². The Morgan fingerprint density at radius 2 is 1.64 bits per heavy atom. The minimum atomic E-state index is 1.10. The van der Waals surface area contributed by atoms with Crippen LogP contribution in [0.1, 0.15) is 5.56 Å². The van der Waals surface area contributed by atoms with E-state index in [1.54, 1.807) is 0 Å². The summed E-state index contributed by atoms with van der Waals surface area (Å²) >= 11 is 0. The fourth-order valence-corrected chi connectivity index (χ4v) is 2.38. The maximum absolute atomic E-state index is 2.24. The van der Waals surface area contributed by atoms with Crippen LogP contribution in [0.3, 0.4) is 0 Å². The van der Waals surface area contributed by atoms with Crippen molar-refractivity contribution >= 4 is 18.2 Å². The molecule has 0 N–H and O–H groups in total. The lowest BCUT2D eigenvalue weighted by atomic mass is 9.68. The molecule has 0 aliphatic carbocycles. The van der Waals surface area contributed by atoms with Crippen LogP contribution in [0.4, 0.5) is 0 Å². The molecular formula is C13H11B. The maximum Gasteiger partial charge on any atom is 0.193 e. The van der Waals surface area contributed by atoms with Crippen molar-refractivity contribution in [2.45, 2.75) is 6.92 Å². The number of fused-ring (bicyclic) bond motifs is 3. The quantitative estimate of drug-likeness (QED) is 0.456. The molecule has 0 fully saturated rings. The summed E-state index contributed by atoms with van der Waals surface area (Å²) in [6.45, 7) is 2.20.